The Morgan fingerprint density at radius 2 is 1.75 bits per heavy atom. The van der Waals surface area contributed by atoms with Crippen molar-refractivity contribution in [2.75, 3.05) is 52.6 Å². The quantitative estimate of drug-likeness (QED) is 0.338. The van der Waals surface area contributed by atoms with Crippen LogP contribution in [0.4, 0.5) is 0 Å². The molecule has 144 valence electrons. The molecule has 0 aliphatic carbocycles. The van der Waals surface area contributed by atoms with E-state index in [1.54, 1.807) is 7.05 Å². The van der Waals surface area contributed by atoms with Crippen LogP contribution in [0.15, 0.2) is 4.99 Å². The minimum Gasteiger partial charge on any atom is -0.354 e. The maximum Gasteiger partial charge on any atom is 0.209 e. The van der Waals surface area contributed by atoms with Crippen molar-refractivity contribution in [1.82, 2.24) is 19.8 Å². The normalized spacial score (nSPS) is 17.8. The molecule has 9 heteroatoms. The predicted octanol–water partition coefficient (Wildman–Crippen LogP) is 0.781. The van der Waals surface area contributed by atoms with Crippen LogP contribution >= 0.6 is 24.0 Å². The van der Waals surface area contributed by atoms with Gasteiger partial charge in [-0.25, -0.2) is 13.1 Å². The number of hydrogen-bond acceptors (Lipinski definition) is 4. The fraction of sp³-hybridized carbons (Fsp3) is 0.933. The van der Waals surface area contributed by atoms with Crippen LogP contribution in [0.3, 0.4) is 0 Å². The molecule has 1 heterocycles. The van der Waals surface area contributed by atoms with E-state index in [-0.39, 0.29) is 24.0 Å². The highest BCUT2D eigenvalue weighted by Gasteiger charge is 2.25. The Labute approximate surface area is 164 Å². The van der Waals surface area contributed by atoms with E-state index < -0.39 is 15.6 Å². The fourth-order valence-electron chi connectivity index (χ4n) is 2.83. The van der Waals surface area contributed by atoms with Gasteiger partial charge in [-0.15, -0.1) is 24.0 Å². The lowest BCUT2D eigenvalue weighted by Gasteiger charge is -2.38. The highest BCUT2D eigenvalue weighted by atomic mass is 127. The number of nitrogens with zero attached hydrogens (tertiary/aromatic N) is 3. The number of piperazine rings is 1. The van der Waals surface area contributed by atoms with Gasteiger partial charge < -0.3 is 10.2 Å². The van der Waals surface area contributed by atoms with Crippen molar-refractivity contribution < 1.29 is 8.42 Å². The van der Waals surface area contributed by atoms with Crippen LogP contribution in [0.1, 0.15) is 27.7 Å². The van der Waals surface area contributed by atoms with Crippen molar-refractivity contribution >= 4 is 40.0 Å². The lowest BCUT2D eigenvalue weighted by atomic mass is 10.1. The summed E-state index contributed by atoms with van der Waals surface area (Å²) in [6.45, 7) is 13.7. The molecule has 1 rings (SSSR count). The van der Waals surface area contributed by atoms with Crippen LogP contribution in [0.2, 0.25) is 0 Å². The van der Waals surface area contributed by atoms with E-state index in [0.717, 1.165) is 38.7 Å². The maximum absolute atomic E-state index is 11.4. The summed E-state index contributed by atoms with van der Waals surface area (Å²) in [5.74, 6) is 1.51. The maximum atomic E-state index is 11.4. The van der Waals surface area contributed by atoms with Crippen LogP contribution < -0.4 is 10.0 Å². The molecule has 1 saturated heterocycles. The van der Waals surface area contributed by atoms with E-state index in [0.29, 0.717) is 12.5 Å². The van der Waals surface area contributed by atoms with Gasteiger partial charge in [0.05, 0.1) is 6.26 Å². The summed E-state index contributed by atoms with van der Waals surface area (Å²) >= 11 is 0. The second-order valence-electron chi connectivity index (χ2n) is 7.34. The van der Waals surface area contributed by atoms with E-state index in [4.69, 9.17) is 0 Å². The average molecular weight is 475 g/mol. The third-order valence-electron chi connectivity index (χ3n) is 3.66. The molecular weight excluding hydrogens is 441 g/mol. The Balaban J connectivity index is 0.00000529. The Morgan fingerprint density at radius 3 is 2.17 bits per heavy atom. The molecule has 1 fully saturated rings. The van der Waals surface area contributed by atoms with Crippen LogP contribution in [-0.2, 0) is 10.0 Å². The van der Waals surface area contributed by atoms with Crippen molar-refractivity contribution in [3.05, 3.63) is 0 Å². The number of rotatable bonds is 6. The molecule has 0 aromatic carbocycles. The first-order chi connectivity index (χ1) is 10.5. The highest BCUT2D eigenvalue weighted by molar-refractivity contribution is 14.0. The van der Waals surface area contributed by atoms with Crippen molar-refractivity contribution in [3.8, 4) is 0 Å². The van der Waals surface area contributed by atoms with Gasteiger partial charge in [-0.2, -0.15) is 0 Å². The van der Waals surface area contributed by atoms with Gasteiger partial charge in [-0.05, 0) is 19.8 Å². The molecule has 0 saturated carbocycles. The van der Waals surface area contributed by atoms with Gasteiger partial charge in [0.2, 0.25) is 10.0 Å². The van der Waals surface area contributed by atoms with Crippen molar-refractivity contribution in [2.45, 2.75) is 33.2 Å². The second kappa shape index (κ2) is 10.1. The van der Waals surface area contributed by atoms with E-state index in [1.165, 1.54) is 6.26 Å². The molecule has 24 heavy (non-hydrogen) atoms. The molecule has 0 radical (unpaired) electrons. The molecule has 2 N–H and O–H groups in total. The second-order valence-corrected chi connectivity index (χ2v) is 9.09. The van der Waals surface area contributed by atoms with E-state index in [9.17, 15) is 8.42 Å². The van der Waals surface area contributed by atoms with Gasteiger partial charge in [0.1, 0.15) is 0 Å². The molecule has 0 aromatic rings. The third-order valence-corrected chi connectivity index (χ3v) is 4.58. The largest absolute Gasteiger partial charge is 0.354 e. The summed E-state index contributed by atoms with van der Waals surface area (Å²) < 4.78 is 25.4. The molecule has 1 aliphatic heterocycles. The number of halogens is 1. The molecule has 0 bridgehead atoms. The summed E-state index contributed by atoms with van der Waals surface area (Å²) in [5, 5.41) is 3.29. The summed E-state index contributed by atoms with van der Waals surface area (Å²) in [6, 6.07) is 0. The summed E-state index contributed by atoms with van der Waals surface area (Å²) in [5.41, 5.74) is -0.566. The Kier molecular flexibility index (Phi) is 10.1. The zero-order chi connectivity index (χ0) is 17.7. The first kappa shape index (κ1) is 23.9. The van der Waals surface area contributed by atoms with E-state index >= 15 is 0 Å². The average Bonchev–Trinajstić information content (AvgIpc) is 2.37. The zero-order valence-electron chi connectivity index (χ0n) is 15.8. The van der Waals surface area contributed by atoms with Gasteiger partial charge >= 0.3 is 0 Å². The first-order valence-electron chi connectivity index (χ1n) is 8.19. The minimum absolute atomic E-state index is 0. The van der Waals surface area contributed by atoms with E-state index in [2.05, 4.69) is 38.7 Å². The first-order valence-corrected chi connectivity index (χ1v) is 10.1. The number of hydrogen-bond donors (Lipinski definition) is 2. The molecule has 1 aliphatic rings. The zero-order valence-corrected chi connectivity index (χ0v) is 18.9. The topological polar surface area (TPSA) is 77.0 Å². The van der Waals surface area contributed by atoms with Crippen LogP contribution in [0, 0.1) is 5.92 Å². The van der Waals surface area contributed by atoms with E-state index in [1.807, 2.05) is 13.8 Å². The molecule has 0 unspecified atom stereocenters. The summed E-state index contributed by atoms with van der Waals surface area (Å²) in [4.78, 5) is 9.04. The molecular formula is C15H34IN5O2S. The molecule has 0 spiro atoms. The van der Waals surface area contributed by atoms with Gasteiger partial charge in [0, 0.05) is 51.9 Å². The molecule has 0 atom stereocenters. The SMILES string of the molecule is CN=C(NCC(C)(C)NS(C)(=O)=O)N1CCN(CC(C)C)CC1.I. The molecule has 7 nitrogen and oxygen atoms in total. The predicted molar refractivity (Wildman–Crippen MR) is 112 cm³/mol. The van der Waals surface area contributed by atoms with Crippen LogP contribution in [-0.4, -0.2) is 82.3 Å². The summed E-state index contributed by atoms with van der Waals surface area (Å²) in [6.07, 6.45) is 1.18. The van der Waals surface area contributed by atoms with Crippen molar-refractivity contribution in [1.29, 1.82) is 0 Å². The van der Waals surface area contributed by atoms with Gasteiger partial charge in [-0.1, -0.05) is 13.8 Å². The van der Waals surface area contributed by atoms with Gasteiger partial charge in [0.15, 0.2) is 5.96 Å². The number of sulfonamides is 1. The minimum atomic E-state index is -3.23. The third kappa shape index (κ3) is 9.38. The highest BCUT2D eigenvalue weighted by Crippen LogP contribution is 2.07. The molecule has 0 aromatic heterocycles. The van der Waals surface area contributed by atoms with Crippen molar-refractivity contribution in [2.24, 2.45) is 10.9 Å². The van der Waals surface area contributed by atoms with Crippen LogP contribution in [0.5, 0.6) is 0 Å². The monoisotopic (exact) mass is 475 g/mol. The number of nitrogens with one attached hydrogen (secondary N) is 2. The lowest BCUT2D eigenvalue weighted by molar-refractivity contribution is 0.163. The fourth-order valence-corrected chi connectivity index (χ4v) is 3.90. The van der Waals surface area contributed by atoms with Crippen LogP contribution in [0.25, 0.3) is 0 Å². The summed E-state index contributed by atoms with van der Waals surface area (Å²) in [7, 11) is -1.47. The smallest absolute Gasteiger partial charge is 0.209 e. The Morgan fingerprint density at radius 1 is 1.21 bits per heavy atom. The standard InChI is InChI=1S/C15H33N5O2S.HI/c1-13(2)11-19-7-9-20(10-8-19)14(16-5)17-12-15(3,4)18-23(6,21)22;/h13,18H,7-12H2,1-6H3,(H,16,17);1H. The Bertz CT molecular complexity index is 500. The van der Waals surface area contributed by atoms with Gasteiger partial charge in [0.25, 0.3) is 0 Å². The molecule has 0 amide bonds. The van der Waals surface area contributed by atoms with Gasteiger partial charge in [-0.3, -0.25) is 9.89 Å². The van der Waals surface area contributed by atoms with Crippen molar-refractivity contribution in [3.63, 3.8) is 0 Å². The number of aliphatic imine (C=N–C) groups is 1. The Hall–Kier alpha value is -0.130. The number of guanidine groups is 1. The lowest BCUT2D eigenvalue weighted by Crippen LogP contribution is -2.57.